The zero-order valence-corrected chi connectivity index (χ0v) is 13.3. The maximum absolute atomic E-state index is 12.3. The van der Waals surface area contributed by atoms with Gasteiger partial charge in [-0.15, -0.1) is 11.6 Å². The van der Waals surface area contributed by atoms with E-state index in [0.29, 0.717) is 38.5 Å². The molecule has 0 saturated heterocycles. The van der Waals surface area contributed by atoms with Gasteiger partial charge in [0, 0.05) is 39.7 Å². The van der Waals surface area contributed by atoms with E-state index in [4.69, 9.17) is 16.3 Å². The lowest BCUT2D eigenvalue weighted by molar-refractivity contribution is 0.172. The molecular formula is C11H25ClN2O3S. The monoisotopic (exact) mass is 300 g/mol. The Morgan fingerprint density at radius 3 is 2.33 bits per heavy atom. The van der Waals surface area contributed by atoms with Crippen molar-refractivity contribution >= 4 is 21.8 Å². The summed E-state index contributed by atoms with van der Waals surface area (Å²) < 4.78 is 32.4. The highest BCUT2D eigenvalue weighted by molar-refractivity contribution is 7.86. The minimum Gasteiger partial charge on any atom is -0.383 e. The van der Waals surface area contributed by atoms with Gasteiger partial charge in [0.2, 0.25) is 0 Å². The Bertz CT molecular complexity index is 309. The number of halogens is 1. The van der Waals surface area contributed by atoms with E-state index in [1.165, 1.54) is 8.61 Å². The van der Waals surface area contributed by atoms with E-state index in [1.54, 1.807) is 14.2 Å². The fourth-order valence-electron chi connectivity index (χ4n) is 1.50. The summed E-state index contributed by atoms with van der Waals surface area (Å²) in [6, 6.07) is 0. The second-order valence-electron chi connectivity index (χ2n) is 4.62. The zero-order valence-electron chi connectivity index (χ0n) is 11.7. The highest BCUT2D eigenvalue weighted by atomic mass is 35.5. The summed E-state index contributed by atoms with van der Waals surface area (Å²) in [5.41, 5.74) is 0. The lowest BCUT2D eigenvalue weighted by Crippen LogP contribution is -2.45. The van der Waals surface area contributed by atoms with Crippen LogP contribution in [-0.4, -0.2) is 63.3 Å². The first-order chi connectivity index (χ1) is 8.36. The largest absolute Gasteiger partial charge is 0.383 e. The van der Waals surface area contributed by atoms with E-state index < -0.39 is 10.2 Å². The molecule has 0 aliphatic rings. The van der Waals surface area contributed by atoms with Gasteiger partial charge in [0.05, 0.1) is 6.61 Å². The lowest BCUT2D eigenvalue weighted by Gasteiger charge is -2.28. The summed E-state index contributed by atoms with van der Waals surface area (Å²) in [6.45, 7) is 5.70. The van der Waals surface area contributed by atoms with Crippen molar-refractivity contribution in [3.63, 3.8) is 0 Å². The molecule has 0 aliphatic heterocycles. The summed E-state index contributed by atoms with van der Waals surface area (Å²) in [5, 5.41) is 0. The number of rotatable bonds is 10. The Balaban J connectivity index is 4.71. The number of nitrogens with zero attached hydrogens (tertiary/aromatic N) is 2. The molecule has 110 valence electrons. The number of ether oxygens (including phenoxy) is 1. The third-order valence-electron chi connectivity index (χ3n) is 2.44. The summed E-state index contributed by atoms with van der Waals surface area (Å²) in [4.78, 5) is 0. The van der Waals surface area contributed by atoms with Gasteiger partial charge in [0.15, 0.2) is 0 Å². The van der Waals surface area contributed by atoms with Crippen molar-refractivity contribution in [2.75, 3.05) is 46.3 Å². The van der Waals surface area contributed by atoms with Gasteiger partial charge in [-0.3, -0.25) is 0 Å². The molecule has 0 N–H and O–H groups in total. The molecule has 0 fully saturated rings. The van der Waals surface area contributed by atoms with Crippen molar-refractivity contribution in [2.24, 2.45) is 5.92 Å². The summed E-state index contributed by atoms with van der Waals surface area (Å²) in [6.07, 6.45) is 0.650. The number of hydrogen-bond donors (Lipinski definition) is 0. The van der Waals surface area contributed by atoms with Gasteiger partial charge < -0.3 is 4.74 Å². The molecule has 0 aromatic carbocycles. The fourth-order valence-corrected chi connectivity index (χ4v) is 3.16. The Morgan fingerprint density at radius 2 is 1.89 bits per heavy atom. The minimum atomic E-state index is -3.41. The van der Waals surface area contributed by atoms with Crippen LogP contribution >= 0.6 is 11.6 Å². The first-order valence-electron chi connectivity index (χ1n) is 6.12. The number of hydrogen-bond acceptors (Lipinski definition) is 3. The van der Waals surface area contributed by atoms with Crippen molar-refractivity contribution in [2.45, 2.75) is 20.3 Å². The molecular weight excluding hydrogens is 276 g/mol. The van der Waals surface area contributed by atoms with E-state index >= 15 is 0 Å². The van der Waals surface area contributed by atoms with Crippen LogP contribution < -0.4 is 0 Å². The van der Waals surface area contributed by atoms with Crippen LogP contribution in [0.25, 0.3) is 0 Å². The highest BCUT2D eigenvalue weighted by Gasteiger charge is 2.26. The maximum atomic E-state index is 12.3. The second-order valence-corrected chi connectivity index (χ2v) is 7.03. The number of methoxy groups -OCH3 is 1. The summed E-state index contributed by atoms with van der Waals surface area (Å²) >= 11 is 5.59. The quantitative estimate of drug-likeness (QED) is 0.573. The SMILES string of the molecule is COCCN(CC(C)C)S(=O)(=O)N(C)CCCCl. The Morgan fingerprint density at radius 1 is 1.28 bits per heavy atom. The molecule has 0 spiro atoms. The van der Waals surface area contributed by atoms with Crippen molar-refractivity contribution in [3.05, 3.63) is 0 Å². The maximum Gasteiger partial charge on any atom is 0.281 e. The Hall–Kier alpha value is 0.120. The topological polar surface area (TPSA) is 49.9 Å². The molecule has 0 atom stereocenters. The molecule has 0 aromatic heterocycles. The normalized spacial score (nSPS) is 12.9. The van der Waals surface area contributed by atoms with Crippen molar-refractivity contribution in [1.82, 2.24) is 8.61 Å². The van der Waals surface area contributed by atoms with Crippen molar-refractivity contribution in [1.29, 1.82) is 0 Å². The summed E-state index contributed by atoms with van der Waals surface area (Å²) in [7, 11) is -0.260. The minimum absolute atomic E-state index is 0.276. The number of alkyl halides is 1. The van der Waals surface area contributed by atoms with Crippen LogP contribution in [0.1, 0.15) is 20.3 Å². The Labute approximate surface area is 116 Å². The predicted octanol–water partition coefficient (Wildman–Crippen LogP) is 1.40. The van der Waals surface area contributed by atoms with Gasteiger partial charge in [0.25, 0.3) is 10.2 Å². The second kappa shape index (κ2) is 9.09. The van der Waals surface area contributed by atoms with Crippen LogP contribution in [0.3, 0.4) is 0 Å². The van der Waals surface area contributed by atoms with E-state index in [2.05, 4.69) is 0 Å². The van der Waals surface area contributed by atoms with Gasteiger partial charge in [-0.2, -0.15) is 17.0 Å². The van der Waals surface area contributed by atoms with Crippen LogP contribution in [0.15, 0.2) is 0 Å². The predicted molar refractivity (Wildman–Crippen MR) is 75.2 cm³/mol. The van der Waals surface area contributed by atoms with Gasteiger partial charge in [-0.05, 0) is 12.3 Å². The van der Waals surface area contributed by atoms with Gasteiger partial charge in [0.1, 0.15) is 0 Å². The van der Waals surface area contributed by atoms with Crippen molar-refractivity contribution < 1.29 is 13.2 Å². The molecule has 18 heavy (non-hydrogen) atoms. The summed E-state index contributed by atoms with van der Waals surface area (Å²) in [5.74, 6) is 0.736. The van der Waals surface area contributed by atoms with Crippen LogP contribution in [0.2, 0.25) is 0 Å². The van der Waals surface area contributed by atoms with Crippen LogP contribution in [-0.2, 0) is 14.9 Å². The molecule has 0 radical (unpaired) electrons. The van der Waals surface area contributed by atoms with Crippen molar-refractivity contribution in [3.8, 4) is 0 Å². The van der Waals surface area contributed by atoms with Crippen LogP contribution in [0.5, 0.6) is 0 Å². The first-order valence-corrected chi connectivity index (χ1v) is 8.05. The first kappa shape index (κ1) is 18.1. The smallest absolute Gasteiger partial charge is 0.281 e. The fraction of sp³-hybridized carbons (Fsp3) is 1.00. The zero-order chi connectivity index (χ0) is 14.2. The van der Waals surface area contributed by atoms with Crippen LogP contribution in [0.4, 0.5) is 0 Å². The van der Waals surface area contributed by atoms with E-state index in [0.717, 1.165) is 0 Å². The molecule has 7 heteroatoms. The molecule has 0 bridgehead atoms. The molecule has 5 nitrogen and oxygen atoms in total. The lowest BCUT2D eigenvalue weighted by atomic mass is 10.2. The molecule has 0 amide bonds. The van der Waals surface area contributed by atoms with Gasteiger partial charge >= 0.3 is 0 Å². The van der Waals surface area contributed by atoms with Crippen LogP contribution in [0, 0.1) is 5.92 Å². The molecule has 0 rings (SSSR count). The van der Waals surface area contributed by atoms with Gasteiger partial charge in [-0.25, -0.2) is 0 Å². The molecule has 0 saturated carbocycles. The van der Waals surface area contributed by atoms with E-state index in [9.17, 15) is 8.42 Å². The average molecular weight is 301 g/mol. The van der Waals surface area contributed by atoms with Gasteiger partial charge in [-0.1, -0.05) is 13.8 Å². The standard InChI is InChI=1S/C11H25ClN2O3S/c1-11(2)10-14(8-9-17-4)18(15,16)13(3)7-5-6-12/h11H,5-10H2,1-4H3. The molecule has 0 unspecified atom stereocenters. The highest BCUT2D eigenvalue weighted by Crippen LogP contribution is 2.10. The molecule has 0 heterocycles. The Kier molecular flexibility index (Phi) is 9.15. The average Bonchev–Trinajstić information content (AvgIpc) is 2.30. The molecule has 0 aliphatic carbocycles. The van der Waals surface area contributed by atoms with E-state index in [-0.39, 0.29) is 5.92 Å². The van der Waals surface area contributed by atoms with E-state index in [1.807, 2.05) is 13.8 Å². The molecule has 0 aromatic rings. The third-order valence-corrected chi connectivity index (χ3v) is 4.66. The third kappa shape index (κ3) is 6.33.